The van der Waals surface area contributed by atoms with Crippen molar-refractivity contribution in [1.29, 1.82) is 0 Å². The Labute approximate surface area is 242 Å². The largest absolute Gasteiger partial charge is 3.00 e. The first kappa shape index (κ1) is 37.4. The van der Waals surface area contributed by atoms with E-state index in [0.29, 0.717) is 0 Å². The predicted octanol–water partition coefficient (Wildman–Crippen LogP) is 7.45. The summed E-state index contributed by atoms with van der Waals surface area (Å²) >= 11 is 0. The zero-order valence-electron chi connectivity index (χ0n) is 25.7. The third-order valence-electron chi connectivity index (χ3n) is 10.2. The normalized spacial score (nSPS) is 25.5. The predicted molar refractivity (Wildman–Crippen MR) is 150 cm³/mol. The van der Waals surface area contributed by atoms with E-state index < -0.39 is 0 Å². The molecule has 3 rings (SSSR count). The monoisotopic (exact) mass is 563 g/mol. The summed E-state index contributed by atoms with van der Waals surface area (Å²) in [5.41, 5.74) is 0.349. The molecule has 0 saturated heterocycles. The average molecular weight is 564 g/mol. The smallest absolute Gasteiger partial charge is 0.852 e. The van der Waals surface area contributed by atoms with Crippen LogP contribution in [0.1, 0.15) is 176 Å². The van der Waals surface area contributed by atoms with Crippen molar-refractivity contribution in [2.75, 3.05) is 0 Å². The molecule has 221 valence electrons. The fraction of sp³-hybridized carbons (Fsp3) is 1.00. The molecule has 3 saturated carbocycles. The van der Waals surface area contributed by atoms with Gasteiger partial charge in [-0.2, -0.15) is 0 Å². The van der Waals surface area contributed by atoms with Crippen molar-refractivity contribution < 1.29 is 32.4 Å². The second-order valence-corrected chi connectivity index (χ2v) is 13.4. The molecule has 0 aromatic heterocycles. The maximum atomic E-state index is 11.7. The van der Waals surface area contributed by atoms with Crippen molar-refractivity contribution in [3.63, 3.8) is 0 Å². The molecule has 0 aromatic carbocycles. The standard InChI is InChI=1S/3C11H21O.Fe/c3*1-3-10(12)11(2)8-6-4-5-7-9-11;/h3*10H,3-9H2,1-2H3;/q3*-1;+3. The molecule has 0 amide bonds. The maximum absolute atomic E-state index is 11.7. The molecule has 0 N–H and O–H groups in total. The van der Waals surface area contributed by atoms with Gasteiger partial charge in [-0.25, -0.2) is 0 Å². The third kappa shape index (κ3) is 13.1. The first-order valence-corrected chi connectivity index (χ1v) is 16.0. The number of hydrogen-bond acceptors (Lipinski definition) is 3. The molecule has 3 atom stereocenters. The summed E-state index contributed by atoms with van der Waals surface area (Å²) in [7, 11) is 0. The van der Waals surface area contributed by atoms with Crippen LogP contribution in [0.2, 0.25) is 0 Å². The fourth-order valence-corrected chi connectivity index (χ4v) is 7.05. The van der Waals surface area contributed by atoms with Gasteiger partial charge in [0.2, 0.25) is 0 Å². The number of rotatable bonds is 6. The Balaban J connectivity index is 0.000000518. The van der Waals surface area contributed by atoms with Crippen molar-refractivity contribution in [3.8, 4) is 0 Å². The molecule has 0 spiro atoms. The van der Waals surface area contributed by atoms with Crippen molar-refractivity contribution in [2.45, 2.75) is 195 Å². The van der Waals surface area contributed by atoms with Crippen LogP contribution in [0.15, 0.2) is 0 Å². The molecule has 0 bridgehead atoms. The number of hydrogen-bond donors (Lipinski definition) is 0. The van der Waals surface area contributed by atoms with Crippen LogP contribution in [0.25, 0.3) is 0 Å². The second-order valence-electron chi connectivity index (χ2n) is 13.4. The summed E-state index contributed by atoms with van der Waals surface area (Å²) in [6, 6.07) is 0. The van der Waals surface area contributed by atoms with E-state index in [0.717, 1.165) is 57.8 Å². The van der Waals surface area contributed by atoms with Crippen LogP contribution in [0.4, 0.5) is 0 Å². The summed E-state index contributed by atoms with van der Waals surface area (Å²) < 4.78 is 0. The Morgan fingerprint density at radius 3 is 0.703 bits per heavy atom. The van der Waals surface area contributed by atoms with Crippen molar-refractivity contribution in [3.05, 3.63) is 0 Å². The van der Waals surface area contributed by atoms with Crippen molar-refractivity contribution >= 4 is 0 Å². The summed E-state index contributed by atoms with van der Waals surface area (Å²) in [6.45, 7) is 12.6. The van der Waals surface area contributed by atoms with Crippen LogP contribution >= 0.6 is 0 Å². The summed E-state index contributed by atoms with van der Waals surface area (Å²) in [5.74, 6) is 0. The fourth-order valence-electron chi connectivity index (χ4n) is 7.05. The molecule has 37 heavy (non-hydrogen) atoms. The van der Waals surface area contributed by atoms with Gasteiger partial charge in [0.1, 0.15) is 0 Å². The van der Waals surface area contributed by atoms with E-state index in [4.69, 9.17) is 0 Å². The van der Waals surface area contributed by atoms with Gasteiger partial charge in [-0.15, -0.1) is 18.3 Å². The zero-order valence-corrected chi connectivity index (χ0v) is 26.8. The molecule has 0 heterocycles. The summed E-state index contributed by atoms with van der Waals surface area (Å²) in [4.78, 5) is 0. The van der Waals surface area contributed by atoms with Crippen molar-refractivity contribution in [2.24, 2.45) is 16.2 Å². The quantitative estimate of drug-likeness (QED) is 0.249. The molecule has 3 nitrogen and oxygen atoms in total. The Morgan fingerprint density at radius 1 is 0.405 bits per heavy atom. The van der Waals surface area contributed by atoms with Gasteiger partial charge in [0.25, 0.3) is 0 Å². The molecule has 0 aliphatic heterocycles. The van der Waals surface area contributed by atoms with Gasteiger partial charge >= 0.3 is 17.1 Å². The van der Waals surface area contributed by atoms with Gasteiger partial charge in [-0.05, 0) is 54.8 Å². The van der Waals surface area contributed by atoms with Gasteiger partial charge in [-0.1, -0.05) is 138 Å². The summed E-state index contributed by atoms with van der Waals surface area (Å²) in [6.07, 6.45) is 24.1. The van der Waals surface area contributed by atoms with E-state index in [2.05, 4.69) is 20.8 Å². The Morgan fingerprint density at radius 2 is 0.568 bits per heavy atom. The zero-order chi connectivity index (χ0) is 27.1. The van der Waals surface area contributed by atoms with Gasteiger partial charge in [0.05, 0.1) is 0 Å². The van der Waals surface area contributed by atoms with E-state index in [1.165, 1.54) is 77.0 Å². The Kier molecular flexibility index (Phi) is 19.7. The molecular formula is C33H63FeO3. The average Bonchev–Trinajstić information content (AvgIpc) is 3.36. The minimum atomic E-state index is -0.324. The van der Waals surface area contributed by atoms with E-state index in [1.54, 1.807) is 0 Å². The molecule has 3 unspecified atom stereocenters. The SMILES string of the molecule is CCC([O-])C1(C)CCCCCC1.CCC([O-])C1(C)CCCCCC1.CCC([O-])C1(C)CCCCCC1.[Fe+3]. The van der Waals surface area contributed by atoms with Gasteiger partial charge in [0.15, 0.2) is 0 Å². The van der Waals surface area contributed by atoms with Crippen molar-refractivity contribution in [1.82, 2.24) is 0 Å². The molecule has 1 radical (unpaired) electrons. The van der Waals surface area contributed by atoms with E-state index in [9.17, 15) is 15.3 Å². The van der Waals surface area contributed by atoms with E-state index >= 15 is 0 Å². The van der Waals surface area contributed by atoms with Gasteiger partial charge < -0.3 is 15.3 Å². The van der Waals surface area contributed by atoms with Crippen LogP contribution < -0.4 is 15.3 Å². The van der Waals surface area contributed by atoms with Crippen LogP contribution in [-0.4, -0.2) is 18.3 Å². The van der Waals surface area contributed by atoms with E-state index in [-0.39, 0.29) is 51.6 Å². The first-order chi connectivity index (χ1) is 17.1. The maximum Gasteiger partial charge on any atom is 3.00 e. The van der Waals surface area contributed by atoms with Gasteiger partial charge in [-0.3, -0.25) is 0 Å². The van der Waals surface area contributed by atoms with Gasteiger partial charge in [0, 0.05) is 0 Å². The van der Waals surface area contributed by atoms with E-state index in [1.807, 2.05) is 20.8 Å². The van der Waals surface area contributed by atoms with Crippen LogP contribution in [0, 0.1) is 16.2 Å². The molecular weight excluding hydrogens is 500 g/mol. The molecule has 0 aromatic rings. The summed E-state index contributed by atoms with van der Waals surface area (Å²) in [5, 5.41) is 35.2. The van der Waals surface area contributed by atoms with Crippen LogP contribution in [0.5, 0.6) is 0 Å². The molecule has 4 heteroatoms. The Hall–Kier alpha value is 0.399. The second kappa shape index (κ2) is 19.5. The molecule has 3 fully saturated rings. The molecule has 3 aliphatic carbocycles. The Bertz CT molecular complexity index is 452. The van der Waals surface area contributed by atoms with Crippen LogP contribution in [0.3, 0.4) is 0 Å². The third-order valence-corrected chi connectivity index (χ3v) is 10.2. The minimum Gasteiger partial charge on any atom is -0.852 e. The molecule has 3 aliphatic rings. The topological polar surface area (TPSA) is 69.2 Å². The minimum absolute atomic E-state index is 0. The first-order valence-electron chi connectivity index (χ1n) is 16.0. The van der Waals surface area contributed by atoms with Crippen LogP contribution in [-0.2, 0) is 17.1 Å².